The number of hydrogen-bond donors (Lipinski definition) is 0. The Hall–Kier alpha value is -2.21. The second kappa shape index (κ2) is 7.43. The lowest BCUT2D eigenvalue weighted by Gasteiger charge is -2.19. The quantitative estimate of drug-likeness (QED) is 0.700. The molecule has 2 unspecified atom stereocenters. The Labute approximate surface area is 160 Å². The molecule has 3 rings (SSSR count). The van der Waals surface area contributed by atoms with E-state index >= 15 is 0 Å². The molecule has 2 atom stereocenters. The molecule has 3 nitrogen and oxygen atoms in total. The Morgan fingerprint density at radius 3 is 2.48 bits per heavy atom. The lowest BCUT2D eigenvalue weighted by atomic mass is 10.1. The van der Waals surface area contributed by atoms with Gasteiger partial charge < -0.3 is 9.64 Å². The first kappa shape index (κ1) is 19.5. The Bertz CT molecular complexity index is 836. The van der Waals surface area contributed by atoms with E-state index in [0.717, 1.165) is 23.3 Å². The SMILES string of the molecule is COc1ccc(Cl)cc1CN(C)C(=O)C1CC1c1ccc(C(F)(F)F)cc1. The number of amides is 1. The Morgan fingerprint density at radius 2 is 1.89 bits per heavy atom. The molecule has 1 amide bonds. The van der Waals surface area contributed by atoms with Crippen LogP contribution in [-0.2, 0) is 17.5 Å². The highest BCUT2D eigenvalue weighted by Gasteiger charge is 2.45. The van der Waals surface area contributed by atoms with Gasteiger partial charge in [-0.2, -0.15) is 13.2 Å². The van der Waals surface area contributed by atoms with E-state index in [1.54, 1.807) is 37.3 Å². The number of rotatable bonds is 5. The number of carbonyl (C=O) groups excluding carboxylic acids is 1. The third-order valence-electron chi connectivity index (χ3n) is 4.80. The fourth-order valence-corrected chi connectivity index (χ4v) is 3.44. The smallest absolute Gasteiger partial charge is 0.416 e. The molecule has 1 saturated carbocycles. The van der Waals surface area contributed by atoms with Gasteiger partial charge in [0.1, 0.15) is 5.75 Å². The van der Waals surface area contributed by atoms with E-state index in [4.69, 9.17) is 16.3 Å². The van der Waals surface area contributed by atoms with Crippen LogP contribution in [0.15, 0.2) is 42.5 Å². The summed E-state index contributed by atoms with van der Waals surface area (Å²) in [5.41, 5.74) is 0.877. The standard InChI is InChI=1S/C20H19ClF3NO2/c1-25(11-13-9-15(21)7-8-18(13)27-2)19(26)17-10-16(17)12-3-5-14(6-4-12)20(22,23)24/h3-9,16-17H,10-11H2,1-2H3. The first-order chi connectivity index (χ1) is 12.7. The highest BCUT2D eigenvalue weighted by atomic mass is 35.5. The fourth-order valence-electron chi connectivity index (χ4n) is 3.24. The lowest BCUT2D eigenvalue weighted by Crippen LogP contribution is -2.28. The van der Waals surface area contributed by atoms with Gasteiger partial charge in [0, 0.05) is 30.1 Å². The zero-order chi connectivity index (χ0) is 19.8. The van der Waals surface area contributed by atoms with E-state index < -0.39 is 11.7 Å². The summed E-state index contributed by atoms with van der Waals surface area (Å²) < 4.78 is 43.3. The number of methoxy groups -OCH3 is 1. The number of halogens is 4. The third-order valence-corrected chi connectivity index (χ3v) is 5.04. The fraction of sp³-hybridized carbons (Fsp3) is 0.350. The van der Waals surface area contributed by atoms with Crippen LogP contribution < -0.4 is 4.74 Å². The molecule has 0 spiro atoms. The first-order valence-corrected chi connectivity index (χ1v) is 8.83. The van der Waals surface area contributed by atoms with Gasteiger partial charge in [-0.05, 0) is 48.2 Å². The van der Waals surface area contributed by atoms with Gasteiger partial charge in [-0.1, -0.05) is 23.7 Å². The van der Waals surface area contributed by atoms with Crippen LogP contribution in [0.4, 0.5) is 13.2 Å². The van der Waals surface area contributed by atoms with Crippen LogP contribution in [0.1, 0.15) is 29.0 Å². The van der Waals surface area contributed by atoms with Crippen molar-refractivity contribution in [3.8, 4) is 5.75 Å². The zero-order valence-corrected chi connectivity index (χ0v) is 15.6. The summed E-state index contributed by atoms with van der Waals surface area (Å²) in [6.07, 6.45) is -3.71. The Morgan fingerprint density at radius 1 is 1.22 bits per heavy atom. The summed E-state index contributed by atoms with van der Waals surface area (Å²) in [7, 11) is 3.25. The number of benzene rings is 2. The Kier molecular flexibility index (Phi) is 5.38. The number of ether oxygens (including phenoxy) is 1. The first-order valence-electron chi connectivity index (χ1n) is 8.45. The van der Waals surface area contributed by atoms with E-state index in [-0.39, 0.29) is 17.7 Å². The van der Waals surface area contributed by atoms with Crippen LogP contribution in [0.2, 0.25) is 5.02 Å². The molecular weight excluding hydrogens is 379 g/mol. The van der Waals surface area contributed by atoms with Gasteiger partial charge in [-0.25, -0.2) is 0 Å². The molecule has 0 heterocycles. The van der Waals surface area contributed by atoms with Crippen molar-refractivity contribution in [2.24, 2.45) is 5.92 Å². The molecule has 0 aromatic heterocycles. The van der Waals surface area contributed by atoms with Crippen molar-refractivity contribution in [1.82, 2.24) is 4.90 Å². The number of carbonyl (C=O) groups is 1. The van der Waals surface area contributed by atoms with Crippen molar-refractivity contribution < 1.29 is 22.7 Å². The van der Waals surface area contributed by atoms with Crippen LogP contribution in [0.25, 0.3) is 0 Å². The minimum absolute atomic E-state index is 0.0384. The third kappa shape index (κ3) is 4.38. The molecule has 0 aliphatic heterocycles. The largest absolute Gasteiger partial charge is 0.496 e. The van der Waals surface area contributed by atoms with Gasteiger partial charge in [-0.15, -0.1) is 0 Å². The average molecular weight is 398 g/mol. The summed E-state index contributed by atoms with van der Waals surface area (Å²) >= 11 is 6.02. The highest BCUT2D eigenvalue weighted by Crippen LogP contribution is 2.49. The predicted octanol–water partition coefficient (Wildman–Crippen LogP) is 5.13. The van der Waals surface area contributed by atoms with Crippen molar-refractivity contribution in [3.05, 3.63) is 64.2 Å². The molecule has 2 aromatic rings. The maximum atomic E-state index is 12.7. The molecule has 2 aromatic carbocycles. The van der Waals surface area contributed by atoms with E-state index in [2.05, 4.69) is 0 Å². The van der Waals surface area contributed by atoms with Crippen molar-refractivity contribution in [1.29, 1.82) is 0 Å². The molecule has 0 bridgehead atoms. The van der Waals surface area contributed by atoms with Gasteiger partial charge in [0.2, 0.25) is 5.91 Å². The predicted molar refractivity (Wildman–Crippen MR) is 96.8 cm³/mol. The van der Waals surface area contributed by atoms with Crippen molar-refractivity contribution in [2.45, 2.75) is 25.1 Å². The van der Waals surface area contributed by atoms with Gasteiger partial charge in [0.25, 0.3) is 0 Å². The molecule has 144 valence electrons. The van der Waals surface area contributed by atoms with E-state index in [9.17, 15) is 18.0 Å². The second-order valence-electron chi connectivity index (χ2n) is 6.72. The Balaban J connectivity index is 1.65. The normalized spacial score (nSPS) is 18.9. The molecule has 7 heteroatoms. The van der Waals surface area contributed by atoms with E-state index in [1.165, 1.54) is 12.1 Å². The minimum Gasteiger partial charge on any atom is -0.496 e. The van der Waals surface area contributed by atoms with Crippen LogP contribution >= 0.6 is 11.6 Å². The average Bonchev–Trinajstić information content (AvgIpc) is 3.41. The van der Waals surface area contributed by atoms with Crippen molar-refractivity contribution in [2.75, 3.05) is 14.2 Å². The molecule has 1 fully saturated rings. The molecule has 1 aliphatic rings. The summed E-state index contributed by atoms with van der Waals surface area (Å²) in [5, 5.41) is 0.556. The topological polar surface area (TPSA) is 29.5 Å². The van der Waals surface area contributed by atoms with Gasteiger partial charge in [-0.3, -0.25) is 4.79 Å². The molecule has 27 heavy (non-hydrogen) atoms. The van der Waals surface area contributed by atoms with Crippen LogP contribution in [-0.4, -0.2) is 25.0 Å². The van der Waals surface area contributed by atoms with Crippen LogP contribution in [0, 0.1) is 5.92 Å². The number of hydrogen-bond acceptors (Lipinski definition) is 2. The van der Waals surface area contributed by atoms with Gasteiger partial charge in [0.05, 0.1) is 12.7 Å². The highest BCUT2D eigenvalue weighted by molar-refractivity contribution is 6.30. The molecule has 0 radical (unpaired) electrons. The van der Waals surface area contributed by atoms with Crippen molar-refractivity contribution in [3.63, 3.8) is 0 Å². The summed E-state index contributed by atoms with van der Waals surface area (Å²) in [5.74, 6) is 0.358. The number of nitrogens with zero attached hydrogens (tertiary/aromatic N) is 1. The van der Waals surface area contributed by atoms with Crippen LogP contribution in [0.5, 0.6) is 5.75 Å². The second-order valence-corrected chi connectivity index (χ2v) is 7.16. The maximum Gasteiger partial charge on any atom is 0.416 e. The molecule has 1 aliphatic carbocycles. The molecule has 0 saturated heterocycles. The van der Waals surface area contributed by atoms with E-state index in [1.807, 2.05) is 0 Å². The van der Waals surface area contributed by atoms with Crippen molar-refractivity contribution >= 4 is 17.5 Å². The summed E-state index contributed by atoms with van der Waals surface area (Å²) in [6.45, 7) is 0.346. The lowest BCUT2D eigenvalue weighted by molar-refractivity contribution is -0.137. The summed E-state index contributed by atoms with van der Waals surface area (Å²) in [4.78, 5) is 14.3. The number of alkyl halides is 3. The maximum absolute atomic E-state index is 12.7. The molecular formula is C20H19ClF3NO2. The monoisotopic (exact) mass is 397 g/mol. The van der Waals surface area contributed by atoms with Gasteiger partial charge in [0.15, 0.2) is 0 Å². The summed E-state index contributed by atoms with van der Waals surface area (Å²) in [6, 6.07) is 10.3. The molecule has 0 N–H and O–H groups in total. The van der Waals surface area contributed by atoms with Gasteiger partial charge >= 0.3 is 6.18 Å². The van der Waals surface area contributed by atoms with E-state index in [0.29, 0.717) is 23.7 Å². The minimum atomic E-state index is -4.35. The van der Waals surface area contributed by atoms with Crippen LogP contribution in [0.3, 0.4) is 0 Å². The zero-order valence-electron chi connectivity index (χ0n) is 14.9.